The fraction of sp³-hybridized carbons (Fsp3) is 0.300. The Labute approximate surface area is 167 Å². The first kappa shape index (κ1) is 18.4. The lowest BCUT2D eigenvalue weighted by atomic mass is 9.97. The summed E-state index contributed by atoms with van der Waals surface area (Å²) in [6, 6.07) is 9.76. The summed E-state index contributed by atoms with van der Waals surface area (Å²) in [5.74, 6) is 1.58. The number of methoxy groups -OCH3 is 1. The molecule has 1 unspecified atom stereocenters. The Bertz CT molecular complexity index is 930. The van der Waals surface area contributed by atoms with Gasteiger partial charge in [0, 0.05) is 36.3 Å². The minimum absolute atomic E-state index is 0.0177. The lowest BCUT2D eigenvalue weighted by Gasteiger charge is -2.32. The van der Waals surface area contributed by atoms with Gasteiger partial charge in [0.1, 0.15) is 17.9 Å². The van der Waals surface area contributed by atoms with Crippen molar-refractivity contribution >= 4 is 28.2 Å². The zero-order chi connectivity index (χ0) is 19.3. The number of anilines is 2. The van der Waals surface area contributed by atoms with E-state index in [2.05, 4.69) is 25.2 Å². The van der Waals surface area contributed by atoms with Gasteiger partial charge in [-0.05, 0) is 37.1 Å². The zero-order valence-corrected chi connectivity index (χ0v) is 16.4. The molecule has 0 aliphatic carbocycles. The van der Waals surface area contributed by atoms with Crippen LogP contribution in [0.15, 0.2) is 48.2 Å². The average molecular weight is 395 g/mol. The van der Waals surface area contributed by atoms with Crippen LogP contribution in [0.3, 0.4) is 0 Å². The van der Waals surface area contributed by atoms with Gasteiger partial charge in [0.25, 0.3) is 0 Å². The second-order valence-corrected chi connectivity index (χ2v) is 7.50. The first-order valence-electron chi connectivity index (χ1n) is 9.15. The van der Waals surface area contributed by atoms with Crippen LogP contribution < -0.4 is 15.0 Å². The molecule has 28 heavy (non-hydrogen) atoms. The summed E-state index contributed by atoms with van der Waals surface area (Å²) in [5.41, 5.74) is 1.85. The molecule has 1 N–H and O–H groups in total. The quantitative estimate of drug-likeness (QED) is 0.713. The van der Waals surface area contributed by atoms with E-state index in [0.29, 0.717) is 11.7 Å². The van der Waals surface area contributed by atoms with Crippen LogP contribution in [0.5, 0.6) is 5.75 Å². The van der Waals surface area contributed by atoms with E-state index in [9.17, 15) is 4.79 Å². The van der Waals surface area contributed by atoms with Gasteiger partial charge in [-0.3, -0.25) is 4.79 Å². The summed E-state index contributed by atoms with van der Waals surface area (Å²) in [5, 5.41) is 5.40. The molecule has 1 fully saturated rings. The van der Waals surface area contributed by atoms with Gasteiger partial charge in [-0.25, -0.2) is 15.0 Å². The molecule has 3 heterocycles. The lowest BCUT2D eigenvalue weighted by molar-refractivity contribution is -0.120. The van der Waals surface area contributed by atoms with Crippen molar-refractivity contribution in [3.8, 4) is 17.0 Å². The molecule has 8 heteroatoms. The standard InChI is InChI=1S/C20H21N5O2S/c1-27-16-6-4-14(5-7-16)17-11-18(23-13-22-17)25-9-2-3-15(12-25)19(26)24-20-21-8-10-28-20/h4-8,10-11,13,15H,2-3,9,12H2,1H3,(H,21,24,26). The minimum Gasteiger partial charge on any atom is -0.497 e. The summed E-state index contributed by atoms with van der Waals surface area (Å²) < 4.78 is 5.21. The summed E-state index contributed by atoms with van der Waals surface area (Å²) in [4.78, 5) is 27.7. The van der Waals surface area contributed by atoms with E-state index < -0.39 is 0 Å². The van der Waals surface area contributed by atoms with Crippen LogP contribution in [0, 0.1) is 5.92 Å². The Kier molecular flexibility index (Phi) is 5.48. The van der Waals surface area contributed by atoms with Crippen molar-refractivity contribution in [2.45, 2.75) is 12.8 Å². The van der Waals surface area contributed by atoms with Gasteiger partial charge in [-0.1, -0.05) is 0 Å². The maximum Gasteiger partial charge on any atom is 0.231 e. The number of nitrogens with one attached hydrogen (secondary N) is 1. The van der Waals surface area contributed by atoms with Crippen LogP contribution in [0.25, 0.3) is 11.3 Å². The number of piperidine rings is 1. The molecule has 7 nitrogen and oxygen atoms in total. The van der Waals surface area contributed by atoms with Crippen LogP contribution in [-0.4, -0.2) is 41.1 Å². The normalized spacial score (nSPS) is 16.6. The van der Waals surface area contributed by atoms with Gasteiger partial charge in [0.2, 0.25) is 5.91 Å². The molecule has 1 saturated heterocycles. The second-order valence-electron chi connectivity index (χ2n) is 6.60. The van der Waals surface area contributed by atoms with Gasteiger partial charge < -0.3 is 15.0 Å². The number of ether oxygens (including phenoxy) is 1. The van der Waals surface area contributed by atoms with E-state index in [4.69, 9.17) is 4.74 Å². The third kappa shape index (κ3) is 4.12. The number of rotatable bonds is 5. The fourth-order valence-corrected chi connectivity index (χ4v) is 3.86. The number of carbonyl (C=O) groups excluding carboxylic acids is 1. The highest BCUT2D eigenvalue weighted by atomic mass is 32.1. The zero-order valence-electron chi connectivity index (χ0n) is 15.5. The summed E-state index contributed by atoms with van der Waals surface area (Å²) in [6.45, 7) is 1.51. The highest BCUT2D eigenvalue weighted by Crippen LogP contribution is 2.27. The van der Waals surface area contributed by atoms with E-state index >= 15 is 0 Å². The first-order valence-corrected chi connectivity index (χ1v) is 10.0. The van der Waals surface area contributed by atoms with Gasteiger partial charge in [0.05, 0.1) is 18.7 Å². The molecule has 1 atom stereocenters. The molecular weight excluding hydrogens is 374 g/mol. The molecule has 0 saturated carbocycles. The molecule has 1 amide bonds. The third-order valence-electron chi connectivity index (χ3n) is 4.82. The molecule has 0 spiro atoms. The Morgan fingerprint density at radius 1 is 1.25 bits per heavy atom. The topological polar surface area (TPSA) is 80.2 Å². The van der Waals surface area contributed by atoms with Gasteiger partial charge >= 0.3 is 0 Å². The van der Waals surface area contributed by atoms with E-state index in [1.807, 2.05) is 35.7 Å². The molecule has 1 aliphatic heterocycles. The Hall–Kier alpha value is -3.00. The van der Waals surface area contributed by atoms with Gasteiger partial charge in [0.15, 0.2) is 5.13 Å². The molecule has 3 aromatic rings. The summed E-state index contributed by atoms with van der Waals surface area (Å²) in [7, 11) is 1.65. The average Bonchev–Trinajstić information content (AvgIpc) is 3.27. The Morgan fingerprint density at radius 3 is 2.86 bits per heavy atom. The van der Waals surface area contributed by atoms with E-state index in [-0.39, 0.29) is 11.8 Å². The van der Waals surface area contributed by atoms with Crippen LogP contribution >= 0.6 is 11.3 Å². The van der Waals surface area contributed by atoms with Crippen LogP contribution in [-0.2, 0) is 4.79 Å². The molecule has 1 aromatic carbocycles. The molecule has 4 rings (SSSR count). The maximum absolute atomic E-state index is 12.6. The monoisotopic (exact) mass is 395 g/mol. The number of benzene rings is 1. The van der Waals surface area contributed by atoms with Crippen LogP contribution in [0.4, 0.5) is 10.9 Å². The first-order chi connectivity index (χ1) is 13.7. The number of hydrogen-bond acceptors (Lipinski definition) is 7. The van der Waals surface area contributed by atoms with Crippen LogP contribution in [0.2, 0.25) is 0 Å². The minimum atomic E-state index is -0.0861. The number of aromatic nitrogens is 3. The number of thiazole rings is 1. The predicted octanol–water partition coefficient (Wildman–Crippen LogP) is 3.46. The van der Waals surface area contributed by atoms with Gasteiger partial charge in [-0.15, -0.1) is 11.3 Å². The van der Waals surface area contributed by atoms with Crippen molar-refractivity contribution in [3.63, 3.8) is 0 Å². The third-order valence-corrected chi connectivity index (χ3v) is 5.51. The number of amides is 1. The highest BCUT2D eigenvalue weighted by molar-refractivity contribution is 7.13. The highest BCUT2D eigenvalue weighted by Gasteiger charge is 2.27. The second kappa shape index (κ2) is 8.35. The van der Waals surface area contributed by atoms with Crippen molar-refractivity contribution in [3.05, 3.63) is 48.2 Å². The predicted molar refractivity (Wildman–Crippen MR) is 110 cm³/mol. The van der Waals surface area contributed by atoms with Crippen molar-refractivity contribution in [1.82, 2.24) is 15.0 Å². The number of carbonyl (C=O) groups is 1. The lowest BCUT2D eigenvalue weighted by Crippen LogP contribution is -2.41. The molecule has 0 radical (unpaired) electrons. The Balaban J connectivity index is 1.48. The van der Waals surface area contributed by atoms with Crippen molar-refractivity contribution in [1.29, 1.82) is 0 Å². The molecular formula is C20H21N5O2S. The van der Waals surface area contributed by atoms with Crippen LogP contribution in [0.1, 0.15) is 12.8 Å². The molecule has 0 bridgehead atoms. The van der Waals surface area contributed by atoms with Crippen molar-refractivity contribution < 1.29 is 9.53 Å². The number of nitrogens with zero attached hydrogens (tertiary/aromatic N) is 4. The number of hydrogen-bond donors (Lipinski definition) is 1. The van der Waals surface area contributed by atoms with E-state index in [0.717, 1.165) is 42.2 Å². The smallest absolute Gasteiger partial charge is 0.231 e. The Morgan fingerprint density at radius 2 is 2.11 bits per heavy atom. The molecule has 2 aromatic heterocycles. The van der Waals surface area contributed by atoms with Gasteiger partial charge in [-0.2, -0.15) is 0 Å². The summed E-state index contributed by atoms with van der Waals surface area (Å²) in [6.07, 6.45) is 5.07. The van der Waals surface area contributed by atoms with E-state index in [1.165, 1.54) is 11.3 Å². The SMILES string of the molecule is COc1ccc(-c2cc(N3CCCC(C(=O)Nc4nccs4)C3)ncn2)cc1. The van der Waals surface area contributed by atoms with E-state index in [1.54, 1.807) is 19.6 Å². The van der Waals surface area contributed by atoms with Crippen molar-refractivity contribution in [2.24, 2.45) is 5.92 Å². The van der Waals surface area contributed by atoms with Crippen molar-refractivity contribution in [2.75, 3.05) is 30.4 Å². The molecule has 1 aliphatic rings. The largest absolute Gasteiger partial charge is 0.497 e. The maximum atomic E-state index is 12.6. The summed E-state index contributed by atoms with van der Waals surface area (Å²) >= 11 is 1.43. The fourth-order valence-electron chi connectivity index (χ4n) is 3.33. The molecule has 144 valence electrons.